The molecule has 0 bridgehead atoms. The molecule has 2 heterocycles. The molecule has 1 aromatic carbocycles. The number of rotatable bonds is 7. The van der Waals surface area contributed by atoms with Crippen molar-refractivity contribution in [2.45, 2.75) is 18.6 Å². The molecule has 10 heteroatoms. The second-order valence-electron chi connectivity index (χ2n) is 4.76. The van der Waals surface area contributed by atoms with Gasteiger partial charge in [-0.3, -0.25) is 10.1 Å². The summed E-state index contributed by atoms with van der Waals surface area (Å²) in [6, 6.07) is 7.35. The molecular weight excluding hydrogens is 362 g/mol. The summed E-state index contributed by atoms with van der Waals surface area (Å²) in [7, 11) is 1.58. The fourth-order valence-electron chi connectivity index (χ4n) is 1.93. The van der Waals surface area contributed by atoms with Crippen molar-refractivity contribution in [1.82, 2.24) is 20.4 Å². The van der Waals surface area contributed by atoms with E-state index >= 15 is 0 Å². The summed E-state index contributed by atoms with van der Waals surface area (Å²) in [4.78, 5) is 12.0. The maximum atomic E-state index is 12.0. The molecule has 3 rings (SSSR count). The minimum Gasteiger partial charge on any atom is -0.496 e. The van der Waals surface area contributed by atoms with Crippen LogP contribution in [-0.2, 0) is 11.2 Å². The Kier molecular flexibility index (Phi) is 5.61. The van der Waals surface area contributed by atoms with Crippen molar-refractivity contribution in [2.24, 2.45) is 0 Å². The van der Waals surface area contributed by atoms with E-state index in [0.717, 1.165) is 23.2 Å². The van der Waals surface area contributed by atoms with E-state index in [1.54, 1.807) is 7.11 Å². The largest absolute Gasteiger partial charge is 0.496 e. The Morgan fingerprint density at radius 2 is 2.12 bits per heavy atom. The third-order valence-electron chi connectivity index (χ3n) is 3.09. The Labute approximate surface area is 152 Å². The lowest BCUT2D eigenvalue weighted by molar-refractivity contribution is -0.113. The minimum absolute atomic E-state index is 0.134. The van der Waals surface area contributed by atoms with Gasteiger partial charge in [0.1, 0.15) is 10.8 Å². The molecule has 130 valence electrons. The highest BCUT2D eigenvalue weighted by Crippen LogP contribution is 2.30. The molecule has 0 saturated carbocycles. The standard InChI is InChI=1S/C15H15N5O3S2/c1-3-12-17-19-14(25-12)16-11(21)8-24-15-20-18-13(23-15)9-6-4-5-7-10(9)22-2/h4-7H,3,8H2,1-2H3,(H,16,19,21). The molecule has 0 unspecified atom stereocenters. The van der Waals surface area contributed by atoms with Crippen LogP contribution in [-0.4, -0.2) is 39.2 Å². The number of thioether (sulfide) groups is 1. The predicted octanol–water partition coefficient (Wildman–Crippen LogP) is 2.89. The van der Waals surface area contributed by atoms with Crippen LogP contribution in [0.15, 0.2) is 33.9 Å². The first-order chi connectivity index (χ1) is 12.2. The summed E-state index contributed by atoms with van der Waals surface area (Å²) in [5.74, 6) is 0.913. The molecular formula is C15H15N5O3S2. The molecule has 0 radical (unpaired) electrons. The first kappa shape index (κ1) is 17.4. The van der Waals surface area contributed by atoms with Crippen LogP contribution in [0.5, 0.6) is 5.75 Å². The minimum atomic E-state index is -0.208. The molecule has 1 amide bonds. The zero-order valence-electron chi connectivity index (χ0n) is 13.6. The molecule has 0 aliphatic rings. The van der Waals surface area contributed by atoms with Crippen molar-refractivity contribution in [1.29, 1.82) is 0 Å². The van der Waals surface area contributed by atoms with Crippen molar-refractivity contribution in [3.63, 3.8) is 0 Å². The van der Waals surface area contributed by atoms with E-state index in [9.17, 15) is 4.79 Å². The van der Waals surface area contributed by atoms with E-state index in [2.05, 4.69) is 25.7 Å². The number of ether oxygens (including phenoxy) is 1. The fourth-order valence-corrected chi connectivity index (χ4v) is 3.19. The van der Waals surface area contributed by atoms with Gasteiger partial charge in [-0.2, -0.15) is 0 Å². The quantitative estimate of drug-likeness (QED) is 0.627. The van der Waals surface area contributed by atoms with Crippen LogP contribution in [0.4, 0.5) is 5.13 Å². The van der Waals surface area contributed by atoms with Crippen LogP contribution < -0.4 is 10.1 Å². The summed E-state index contributed by atoms with van der Waals surface area (Å²) in [5, 5.41) is 20.2. The number of carbonyl (C=O) groups excluding carboxylic acids is 1. The fraction of sp³-hybridized carbons (Fsp3) is 0.267. The van der Waals surface area contributed by atoms with E-state index in [0.29, 0.717) is 27.6 Å². The van der Waals surface area contributed by atoms with Crippen LogP contribution in [0.2, 0.25) is 0 Å². The highest BCUT2D eigenvalue weighted by atomic mass is 32.2. The second kappa shape index (κ2) is 8.08. The molecule has 1 N–H and O–H groups in total. The van der Waals surface area contributed by atoms with Crippen LogP contribution in [0.1, 0.15) is 11.9 Å². The molecule has 0 fully saturated rings. The SMILES string of the molecule is CCc1nnc(NC(=O)CSc2nnc(-c3ccccc3OC)o2)s1. The van der Waals surface area contributed by atoms with Crippen LogP contribution in [0.3, 0.4) is 0 Å². The average Bonchev–Trinajstić information content (AvgIpc) is 3.29. The molecule has 3 aromatic rings. The molecule has 0 aliphatic carbocycles. The summed E-state index contributed by atoms with van der Waals surface area (Å²) < 4.78 is 10.9. The summed E-state index contributed by atoms with van der Waals surface area (Å²) in [6.07, 6.45) is 0.788. The van der Waals surface area contributed by atoms with Gasteiger partial charge in [0.15, 0.2) is 0 Å². The van der Waals surface area contributed by atoms with E-state index < -0.39 is 0 Å². The number of methoxy groups -OCH3 is 1. The number of benzene rings is 1. The van der Waals surface area contributed by atoms with Gasteiger partial charge in [-0.25, -0.2) is 0 Å². The molecule has 0 aliphatic heterocycles. The average molecular weight is 377 g/mol. The maximum Gasteiger partial charge on any atom is 0.277 e. The monoisotopic (exact) mass is 377 g/mol. The van der Waals surface area contributed by atoms with E-state index in [1.165, 1.54) is 11.3 Å². The summed E-state index contributed by atoms with van der Waals surface area (Å²) in [6.45, 7) is 1.98. The first-order valence-corrected chi connectivity index (χ1v) is 9.21. The van der Waals surface area contributed by atoms with Gasteiger partial charge in [0.05, 0.1) is 18.4 Å². The predicted molar refractivity (Wildman–Crippen MR) is 94.9 cm³/mol. The van der Waals surface area contributed by atoms with Gasteiger partial charge in [-0.1, -0.05) is 42.2 Å². The molecule has 0 spiro atoms. The number of hydrogen-bond acceptors (Lipinski definition) is 9. The lowest BCUT2D eigenvalue weighted by atomic mass is 10.2. The molecule has 25 heavy (non-hydrogen) atoms. The van der Waals surface area contributed by atoms with Crippen molar-refractivity contribution in [2.75, 3.05) is 18.2 Å². The zero-order valence-corrected chi connectivity index (χ0v) is 15.2. The van der Waals surface area contributed by atoms with Gasteiger partial charge >= 0.3 is 0 Å². The lowest BCUT2D eigenvalue weighted by Crippen LogP contribution is -2.13. The Bertz CT molecular complexity index is 864. The summed E-state index contributed by atoms with van der Waals surface area (Å²) >= 11 is 2.51. The number of nitrogens with one attached hydrogen (secondary N) is 1. The van der Waals surface area contributed by atoms with Crippen LogP contribution in [0.25, 0.3) is 11.5 Å². The summed E-state index contributed by atoms with van der Waals surface area (Å²) in [5.41, 5.74) is 0.703. The van der Waals surface area contributed by atoms with Crippen molar-refractivity contribution in [3.05, 3.63) is 29.3 Å². The Morgan fingerprint density at radius 3 is 2.88 bits per heavy atom. The van der Waals surface area contributed by atoms with Crippen molar-refractivity contribution >= 4 is 34.1 Å². The van der Waals surface area contributed by atoms with Gasteiger partial charge < -0.3 is 9.15 Å². The Balaban J connectivity index is 1.59. The molecule has 0 atom stereocenters. The van der Waals surface area contributed by atoms with E-state index in [1.807, 2.05) is 31.2 Å². The highest BCUT2D eigenvalue weighted by Gasteiger charge is 2.15. The number of nitrogens with zero attached hydrogens (tertiary/aromatic N) is 4. The van der Waals surface area contributed by atoms with Crippen molar-refractivity contribution in [3.8, 4) is 17.2 Å². The highest BCUT2D eigenvalue weighted by molar-refractivity contribution is 7.99. The molecule has 0 saturated heterocycles. The Hall–Kier alpha value is -2.46. The number of para-hydroxylation sites is 1. The number of anilines is 1. The van der Waals surface area contributed by atoms with Crippen molar-refractivity contribution < 1.29 is 13.9 Å². The van der Waals surface area contributed by atoms with E-state index in [-0.39, 0.29) is 11.7 Å². The number of amides is 1. The maximum absolute atomic E-state index is 12.0. The third kappa shape index (κ3) is 4.34. The number of carbonyl (C=O) groups is 1. The van der Waals surface area contributed by atoms with Gasteiger partial charge in [-0.05, 0) is 18.6 Å². The number of aryl methyl sites for hydroxylation is 1. The second-order valence-corrected chi connectivity index (χ2v) is 6.75. The number of aromatic nitrogens is 4. The topological polar surface area (TPSA) is 103 Å². The van der Waals surface area contributed by atoms with Crippen LogP contribution in [0, 0.1) is 0 Å². The van der Waals surface area contributed by atoms with Gasteiger partial charge in [0, 0.05) is 0 Å². The Morgan fingerprint density at radius 1 is 1.28 bits per heavy atom. The lowest BCUT2D eigenvalue weighted by Gasteiger charge is -2.03. The molecule has 8 nitrogen and oxygen atoms in total. The first-order valence-electron chi connectivity index (χ1n) is 7.41. The van der Waals surface area contributed by atoms with Gasteiger partial charge in [0.2, 0.25) is 11.0 Å². The smallest absolute Gasteiger partial charge is 0.277 e. The third-order valence-corrected chi connectivity index (χ3v) is 4.89. The van der Waals surface area contributed by atoms with Crippen LogP contribution >= 0.6 is 23.1 Å². The molecule has 2 aromatic heterocycles. The normalized spacial score (nSPS) is 10.6. The van der Waals surface area contributed by atoms with Gasteiger partial charge in [0.25, 0.3) is 11.1 Å². The zero-order chi connectivity index (χ0) is 17.6. The van der Waals surface area contributed by atoms with E-state index in [4.69, 9.17) is 9.15 Å². The van der Waals surface area contributed by atoms with Gasteiger partial charge in [-0.15, -0.1) is 20.4 Å². The number of hydrogen-bond donors (Lipinski definition) is 1.